The summed E-state index contributed by atoms with van der Waals surface area (Å²) in [5, 5.41) is 6.25. The fraction of sp³-hybridized carbons (Fsp3) is 0.632. The van der Waals surface area contributed by atoms with Crippen molar-refractivity contribution in [3.05, 3.63) is 35.4 Å². The molecule has 0 spiro atoms. The van der Waals surface area contributed by atoms with Crippen molar-refractivity contribution in [1.82, 2.24) is 15.5 Å². The highest BCUT2D eigenvalue weighted by Crippen LogP contribution is 2.30. The maximum atomic E-state index is 12.8. The highest BCUT2D eigenvalue weighted by molar-refractivity contribution is 5.76. The average molecular weight is 371 g/mol. The molecule has 1 amide bonds. The maximum absolute atomic E-state index is 12.8. The van der Waals surface area contributed by atoms with Crippen LogP contribution in [0.3, 0.4) is 0 Å². The summed E-state index contributed by atoms with van der Waals surface area (Å²) < 4.78 is 38.4. The van der Waals surface area contributed by atoms with Gasteiger partial charge in [0.1, 0.15) is 0 Å². The molecule has 2 atom stereocenters. The van der Waals surface area contributed by atoms with Gasteiger partial charge in [0.15, 0.2) is 0 Å². The van der Waals surface area contributed by atoms with Crippen molar-refractivity contribution in [1.29, 1.82) is 0 Å². The summed E-state index contributed by atoms with van der Waals surface area (Å²) in [5.41, 5.74) is 0.122. The van der Waals surface area contributed by atoms with Crippen LogP contribution in [0.15, 0.2) is 24.3 Å². The zero-order valence-electron chi connectivity index (χ0n) is 15.4. The van der Waals surface area contributed by atoms with E-state index in [1.807, 2.05) is 13.8 Å². The number of hydrogen-bond donors (Lipinski definition) is 2. The van der Waals surface area contributed by atoms with Gasteiger partial charge in [0, 0.05) is 19.0 Å². The summed E-state index contributed by atoms with van der Waals surface area (Å²) in [5.74, 6) is -0.0199. The van der Waals surface area contributed by atoms with Crippen LogP contribution in [-0.2, 0) is 11.0 Å². The molecule has 1 fully saturated rings. The zero-order valence-corrected chi connectivity index (χ0v) is 15.4. The van der Waals surface area contributed by atoms with E-state index in [2.05, 4.69) is 15.5 Å². The molecule has 1 aromatic carbocycles. The largest absolute Gasteiger partial charge is 0.416 e. The van der Waals surface area contributed by atoms with E-state index < -0.39 is 11.7 Å². The van der Waals surface area contributed by atoms with E-state index in [9.17, 15) is 18.0 Å². The minimum Gasteiger partial charge on any atom is -0.354 e. The molecule has 2 unspecified atom stereocenters. The van der Waals surface area contributed by atoms with Gasteiger partial charge in [-0.2, -0.15) is 13.2 Å². The molecule has 2 rings (SSSR count). The molecule has 0 saturated carbocycles. The molecule has 0 bridgehead atoms. The van der Waals surface area contributed by atoms with Gasteiger partial charge in [0.25, 0.3) is 0 Å². The van der Waals surface area contributed by atoms with E-state index in [1.165, 1.54) is 12.1 Å². The van der Waals surface area contributed by atoms with E-state index in [0.29, 0.717) is 13.0 Å². The molecule has 2 N–H and O–H groups in total. The molecule has 1 heterocycles. The van der Waals surface area contributed by atoms with E-state index in [1.54, 1.807) is 0 Å². The van der Waals surface area contributed by atoms with Crippen LogP contribution in [0.5, 0.6) is 0 Å². The topological polar surface area (TPSA) is 44.4 Å². The van der Waals surface area contributed by atoms with Gasteiger partial charge < -0.3 is 10.6 Å². The number of carbonyl (C=O) groups excluding carboxylic acids is 1. The number of alkyl halides is 3. The van der Waals surface area contributed by atoms with Crippen molar-refractivity contribution in [3.8, 4) is 0 Å². The Balaban J connectivity index is 2.04. The number of nitrogens with zero attached hydrogens (tertiary/aromatic N) is 1. The van der Waals surface area contributed by atoms with Crippen molar-refractivity contribution in [2.45, 2.75) is 51.4 Å². The van der Waals surface area contributed by atoms with Gasteiger partial charge in [-0.15, -0.1) is 0 Å². The molecular weight excluding hydrogens is 343 g/mol. The molecule has 26 heavy (non-hydrogen) atoms. The second kappa shape index (κ2) is 9.37. The Morgan fingerprint density at radius 1 is 1.27 bits per heavy atom. The molecular formula is C19H28F3N3O. The van der Waals surface area contributed by atoms with Gasteiger partial charge in [-0.25, -0.2) is 0 Å². The Morgan fingerprint density at radius 2 is 1.92 bits per heavy atom. The van der Waals surface area contributed by atoms with Gasteiger partial charge in [0.2, 0.25) is 5.91 Å². The minimum absolute atomic E-state index is 0.0199. The molecule has 7 heteroatoms. The molecule has 0 aliphatic carbocycles. The standard InChI is InChI=1S/C19H28F3N3O/c1-3-25(4-2)17(13-24-18(26)12-16-6-5-11-23-16)14-7-9-15(10-8-14)19(20,21)22/h7-10,16-17,23H,3-6,11-13H2,1-2H3,(H,24,26). The van der Waals surface area contributed by atoms with Crippen LogP contribution in [0.1, 0.15) is 50.3 Å². The Bertz CT molecular complexity index is 564. The van der Waals surface area contributed by atoms with Crippen molar-refractivity contribution >= 4 is 5.91 Å². The monoisotopic (exact) mass is 371 g/mol. The number of likely N-dealkylation sites (N-methyl/N-ethyl adjacent to an activating group) is 1. The summed E-state index contributed by atoms with van der Waals surface area (Å²) in [7, 11) is 0. The number of nitrogens with one attached hydrogen (secondary N) is 2. The van der Waals surface area contributed by atoms with Gasteiger partial charge in [-0.1, -0.05) is 26.0 Å². The minimum atomic E-state index is -4.34. The van der Waals surface area contributed by atoms with Crippen LogP contribution in [0.2, 0.25) is 0 Å². The molecule has 1 saturated heterocycles. The van der Waals surface area contributed by atoms with Gasteiger partial charge in [-0.3, -0.25) is 9.69 Å². The predicted octanol–water partition coefficient (Wildman–Crippen LogP) is 3.35. The Hall–Kier alpha value is -1.60. The van der Waals surface area contributed by atoms with Crippen molar-refractivity contribution in [2.75, 3.05) is 26.2 Å². The van der Waals surface area contributed by atoms with Crippen molar-refractivity contribution in [3.63, 3.8) is 0 Å². The molecule has 0 aromatic heterocycles. The number of amides is 1. The summed E-state index contributed by atoms with van der Waals surface area (Å²) in [6.07, 6.45) is -1.80. The average Bonchev–Trinajstić information content (AvgIpc) is 3.11. The number of hydrogen-bond acceptors (Lipinski definition) is 3. The zero-order chi connectivity index (χ0) is 19.2. The van der Waals surface area contributed by atoms with Gasteiger partial charge in [-0.05, 0) is 50.2 Å². The third kappa shape index (κ3) is 5.71. The lowest BCUT2D eigenvalue weighted by molar-refractivity contribution is -0.137. The molecule has 146 valence electrons. The fourth-order valence-electron chi connectivity index (χ4n) is 3.45. The Kier molecular flexibility index (Phi) is 7.46. The lowest BCUT2D eigenvalue weighted by atomic mass is 10.0. The third-order valence-electron chi connectivity index (χ3n) is 4.96. The first-order chi connectivity index (χ1) is 12.3. The Labute approximate surface area is 153 Å². The quantitative estimate of drug-likeness (QED) is 0.737. The first-order valence-electron chi connectivity index (χ1n) is 9.26. The Morgan fingerprint density at radius 3 is 2.42 bits per heavy atom. The highest BCUT2D eigenvalue weighted by atomic mass is 19.4. The number of benzene rings is 1. The summed E-state index contributed by atoms with van der Waals surface area (Å²) in [6.45, 7) is 6.85. The maximum Gasteiger partial charge on any atom is 0.416 e. The molecule has 1 aliphatic heterocycles. The lowest BCUT2D eigenvalue weighted by Crippen LogP contribution is -2.39. The first kappa shape index (κ1) is 20.7. The predicted molar refractivity (Wildman–Crippen MR) is 95.8 cm³/mol. The third-order valence-corrected chi connectivity index (χ3v) is 4.96. The van der Waals surface area contributed by atoms with E-state index in [-0.39, 0.29) is 18.0 Å². The second-order valence-electron chi connectivity index (χ2n) is 6.66. The van der Waals surface area contributed by atoms with E-state index >= 15 is 0 Å². The van der Waals surface area contributed by atoms with Crippen molar-refractivity contribution in [2.24, 2.45) is 0 Å². The van der Waals surface area contributed by atoms with Gasteiger partial charge in [0.05, 0.1) is 11.6 Å². The molecule has 4 nitrogen and oxygen atoms in total. The SMILES string of the molecule is CCN(CC)C(CNC(=O)CC1CCCN1)c1ccc(C(F)(F)F)cc1. The fourth-order valence-corrected chi connectivity index (χ4v) is 3.45. The van der Waals surface area contributed by atoms with Crippen LogP contribution in [0.4, 0.5) is 13.2 Å². The van der Waals surface area contributed by atoms with Crippen molar-refractivity contribution < 1.29 is 18.0 Å². The first-order valence-corrected chi connectivity index (χ1v) is 9.26. The molecule has 1 aliphatic rings. The van der Waals surface area contributed by atoms with Crippen LogP contribution in [0, 0.1) is 0 Å². The molecule has 0 radical (unpaired) electrons. The van der Waals surface area contributed by atoms with E-state index in [4.69, 9.17) is 0 Å². The van der Waals surface area contributed by atoms with Crippen LogP contribution in [-0.4, -0.2) is 43.0 Å². The highest BCUT2D eigenvalue weighted by Gasteiger charge is 2.30. The summed E-state index contributed by atoms with van der Waals surface area (Å²) in [4.78, 5) is 14.3. The smallest absolute Gasteiger partial charge is 0.354 e. The van der Waals surface area contributed by atoms with Gasteiger partial charge >= 0.3 is 6.18 Å². The lowest BCUT2D eigenvalue weighted by Gasteiger charge is -2.30. The van der Waals surface area contributed by atoms with E-state index in [0.717, 1.165) is 50.2 Å². The summed E-state index contributed by atoms with van der Waals surface area (Å²) in [6, 6.07) is 5.32. The number of rotatable bonds is 8. The van der Waals surface area contributed by atoms with Crippen LogP contribution >= 0.6 is 0 Å². The van der Waals surface area contributed by atoms with Crippen LogP contribution in [0.25, 0.3) is 0 Å². The summed E-state index contributed by atoms with van der Waals surface area (Å²) >= 11 is 0. The van der Waals surface area contributed by atoms with Crippen LogP contribution < -0.4 is 10.6 Å². The molecule has 1 aromatic rings. The normalized spacial score (nSPS) is 18.9. The number of carbonyl (C=O) groups is 1. The second-order valence-corrected chi connectivity index (χ2v) is 6.66. The number of halogens is 3.